The van der Waals surface area contributed by atoms with Crippen molar-refractivity contribution in [1.29, 1.82) is 0 Å². The number of halogens is 1. The molecule has 0 saturated carbocycles. The van der Waals surface area contributed by atoms with Gasteiger partial charge in [-0.3, -0.25) is 14.4 Å². The van der Waals surface area contributed by atoms with Gasteiger partial charge in [-0.05, 0) is 42.5 Å². The van der Waals surface area contributed by atoms with Crippen molar-refractivity contribution in [2.45, 2.75) is 39.5 Å². The van der Waals surface area contributed by atoms with Crippen molar-refractivity contribution in [3.05, 3.63) is 34.1 Å². The first-order valence-corrected chi connectivity index (χ1v) is 7.08. The van der Waals surface area contributed by atoms with E-state index in [1.807, 2.05) is 0 Å². The number of hydrogen-bond donors (Lipinski definition) is 2. The molecule has 5 nitrogen and oxygen atoms in total. The summed E-state index contributed by atoms with van der Waals surface area (Å²) in [6, 6.07) is 1.19. The van der Waals surface area contributed by atoms with Gasteiger partial charge in [0.1, 0.15) is 5.82 Å². The van der Waals surface area contributed by atoms with Crippen LogP contribution in [0.2, 0.25) is 0 Å². The number of carbonyl (C=O) groups is 3. The van der Waals surface area contributed by atoms with E-state index < -0.39 is 23.0 Å². The van der Waals surface area contributed by atoms with E-state index in [0.29, 0.717) is 29.5 Å². The molecule has 0 fully saturated rings. The van der Waals surface area contributed by atoms with E-state index in [0.717, 1.165) is 0 Å². The Morgan fingerprint density at radius 2 is 1.95 bits per heavy atom. The molecule has 1 unspecified atom stereocenters. The molecule has 0 heterocycles. The van der Waals surface area contributed by atoms with Crippen LogP contribution in [0.4, 0.5) is 4.39 Å². The van der Waals surface area contributed by atoms with Gasteiger partial charge in [-0.2, -0.15) is 0 Å². The lowest BCUT2D eigenvalue weighted by Gasteiger charge is -2.34. The number of ketones is 1. The first kappa shape index (κ1) is 16.1. The number of rotatable bonds is 4. The highest BCUT2D eigenvalue weighted by molar-refractivity contribution is 6.06. The summed E-state index contributed by atoms with van der Waals surface area (Å²) in [4.78, 5) is 35.3. The van der Waals surface area contributed by atoms with Crippen LogP contribution in [0.15, 0.2) is 6.07 Å². The fourth-order valence-corrected chi connectivity index (χ4v) is 3.15. The van der Waals surface area contributed by atoms with Gasteiger partial charge in [-0.15, -0.1) is 0 Å². The van der Waals surface area contributed by atoms with Crippen molar-refractivity contribution in [2.24, 2.45) is 16.9 Å². The molecule has 1 aromatic rings. The summed E-state index contributed by atoms with van der Waals surface area (Å²) in [7, 11) is 0. The number of hydrogen-bond acceptors (Lipinski definition) is 3. The summed E-state index contributed by atoms with van der Waals surface area (Å²) >= 11 is 0. The minimum atomic E-state index is -0.921. The average Bonchev–Trinajstić information content (AvgIpc) is 2.37. The third-order valence-electron chi connectivity index (χ3n) is 4.37. The third kappa shape index (κ3) is 2.73. The second-order valence-corrected chi connectivity index (χ2v) is 6.17. The monoisotopic (exact) mass is 306 g/mol. The van der Waals surface area contributed by atoms with Crippen molar-refractivity contribution < 1.29 is 18.8 Å². The van der Waals surface area contributed by atoms with E-state index in [4.69, 9.17) is 11.5 Å². The van der Waals surface area contributed by atoms with Crippen molar-refractivity contribution in [3.63, 3.8) is 0 Å². The molecular weight excluding hydrogens is 287 g/mol. The Morgan fingerprint density at radius 3 is 2.50 bits per heavy atom. The van der Waals surface area contributed by atoms with Crippen LogP contribution >= 0.6 is 0 Å². The molecule has 118 valence electrons. The predicted molar refractivity (Wildman–Crippen MR) is 78.6 cm³/mol. The molecule has 4 N–H and O–H groups in total. The second kappa shape index (κ2) is 5.51. The van der Waals surface area contributed by atoms with Gasteiger partial charge in [-0.25, -0.2) is 4.39 Å². The molecule has 0 radical (unpaired) electrons. The maximum atomic E-state index is 14.0. The highest BCUT2D eigenvalue weighted by Crippen LogP contribution is 2.41. The highest BCUT2D eigenvalue weighted by Gasteiger charge is 2.41. The lowest BCUT2D eigenvalue weighted by atomic mass is 9.67. The molecule has 1 aliphatic carbocycles. The summed E-state index contributed by atoms with van der Waals surface area (Å²) in [6.07, 6.45) is 0.595. The number of carbonyl (C=O) groups excluding carboxylic acids is 3. The van der Waals surface area contributed by atoms with E-state index in [9.17, 15) is 18.8 Å². The smallest absolute Gasteiger partial charge is 0.221 e. The van der Waals surface area contributed by atoms with Crippen LogP contribution < -0.4 is 11.5 Å². The maximum absolute atomic E-state index is 14.0. The molecule has 1 aromatic carbocycles. The Kier molecular flexibility index (Phi) is 4.04. The lowest BCUT2D eigenvalue weighted by molar-refractivity contribution is -0.120. The molecule has 0 aliphatic heterocycles. The van der Waals surface area contributed by atoms with Crippen molar-refractivity contribution >= 4 is 17.6 Å². The predicted octanol–water partition coefficient (Wildman–Crippen LogP) is 1.17. The number of primary amides is 2. The zero-order valence-corrected chi connectivity index (χ0v) is 12.7. The van der Waals surface area contributed by atoms with Gasteiger partial charge in [0.15, 0.2) is 5.78 Å². The molecule has 1 aliphatic rings. The van der Waals surface area contributed by atoms with Crippen molar-refractivity contribution in [3.8, 4) is 0 Å². The van der Waals surface area contributed by atoms with Gasteiger partial charge in [0.25, 0.3) is 0 Å². The quantitative estimate of drug-likeness (QED) is 0.872. The molecule has 1 atom stereocenters. The molecular formula is C16H19FN2O3. The molecule has 0 saturated heterocycles. The van der Waals surface area contributed by atoms with Crippen LogP contribution in [-0.2, 0) is 22.4 Å². The molecule has 0 spiro atoms. The first-order chi connectivity index (χ1) is 10.2. The normalized spacial score (nSPS) is 20.6. The highest BCUT2D eigenvalue weighted by atomic mass is 19.1. The van der Waals surface area contributed by atoms with Crippen LogP contribution in [0.3, 0.4) is 0 Å². The summed E-state index contributed by atoms with van der Waals surface area (Å²) in [5.74, 6) is -1.93. The molecule has 2 amide bonds. The minimum Gasteiger partial charge on any atom is -0.370 e. The fourth-order valence-electron chi connectivity index (χ4n) is 3.15. The van der Waals surface area contributed by atoms with Crippen molar-refractivity contribution in [2.75, 3.05) is 0 Å². The van der Waals surface area contributed by atoms with Crippen molar-refractivity contribution in [1.82, 2.24) is 0 Å². The molecule has 0 aromatic heterocycles. The van der Waals surface area contributed by atoms with Crippen LogP contribution in [0.25, 0.3) is 0 Å². The van der Waals surface area contributed by atoms with E-state index in [-0.39, 0.29) is 24.2 Å². The van der Waals surface area contributed by atoms with E-state index in [1.165, 1.54) is 6.07 Å². The van der Waals surface area contributed by atoms with Crippen LogP contribution in [-0.4, -0.2) is 17.6 Å². The molecule has 6 heteroatoms. The number of nitrogens with two attached hydrogens (primary N) is 2. The van der Waals surface area contributed by atoms with Gasteiger partial charge in [-0.1, -0.05) is 6.92 Å². The Hall–Kier alpha value is -2.24. The first-order valence-electron chi connectivity index (χ1n) is 7.08. The zero-order valence-electron chi connectivity index (χ0n) is 12.7. The van der Waals surface area contributed by atoms with E-state index in [1.54, 1.807) is 13.8 Å². The third-order valence-corrected chi connectivity index (χ3v) is 4.37. The summed E-state index contributed by atoms with van der Waals surface area (Å²) < 4.78 is 14.0. The van der Waals surface area contributed by atoms with E-state index in [2.05, 4.69) is 0 Å². The summed E-state index contributed by atoms with van der Waals surface area (Å²) in [5, 5.41) is 0. The Bertz CT molecular complexity index is 684. The van der Waals surface area contributed by atoms with Gasteiger partial charge >= 0.3 is 0 Å². The summed E-state index contributed by atoms with van der Waals surface area (Å²) in [6.45, 7) is 3.28. The van der Waals surface area contributed by atoms with Gasteiger partial charge in [0.2, 0.25) is 11.8 Å². The number of Topliss-reactive ketones (excluding diaryl/α,β-unsaturated/α-hetero) is 1. The zero-order chi connectivity index (χ0) is 16.7. The standard InChI is InChI=1S/C16H19FN2O3/c1-8-10-3-4-16(2,7-13(19)21)15(22)14(10)9(5-11(8)17)6-12(18)20/h5H,3-4,6-7H2,1-2H3,(H2,18,20)(H2,19,21). The van der Waals surface area contributed by atoms with Crippen LogP contribution in [0.5, 0.6) is 0 Å². The number of fused-ring (bicyclic) bond motifs is 1. The van der Waals surface area contributed by atoms with Crippen LogP contribution in [0, 0.1) is 18.2 Å². The van der Waals surface area contributed by atoms with Gasteiger partial charge < -0.3 is 11.5 Å². The molecule has 22 heavy (non-hydrogen) atoms. The lowest BCUT2D eigenvalue weighted by Crippen LogP contribution is -2.38. The Labute approximate surface area is 127 Å². The Morgan fingerprint density at radius 1 is 1.32 bits per heavy atom. The summed E-state index contributed by atoms with van der Waals surface area (Å²) in [5.41, 5.74) is 11.1. The maximum Gasteiger partial charge on any atom is 0.221 e. The fraction of sp³-hybridized carbons (Fsp3) is 0.438. The minimum absolute atomic E-state index is 0.0717. The van der Waals surface area contributed by atoms with Gasteiger partial charge in [0.05, 0.1) is 6.42 Å². The Balaban J connectivity index is 2.61. The number of amides is 2. The SMILES string of the molecule is Cc1c(F)cc(CC(N)=O)c2c1CCC(C)(CC(N)=O)C2=O. The second-order valence-electron chi connectivity index (χ2n) is 6.17. The topological polar surface area (TPSA) is 103 Å². The molecule has 2 rings (SSSR count). The van der Waals surface area contributed by atoms with Gasteiger partial charge in [0, 0.05) is 17.4 Å². The molecule has 0 bridgehead atoms. The van der Waals surface area contributed by atoms with Crippen LogP contribution in [0.1, 0.15) is 46.8 Å². The number of benzene rings is 1. The average molecular weight is 306 g/mol. The van der Waals surface area contributed by atoms with E-state index >= 15 is 0 Å². The largest absolute Gasteiger partial charge is 0.370 e.